The zero-order chi connectivity index (χ0) is 15.7. The number of thioether (sulfide) groups is 1. The van der Waals surface area contributed by atoms with Gasteiger partial charge in [-0.1, -0.05) is 20.8 Å². The van der Waals surface area contributed by atoms with Crippen molar-refractivity contribution < 1.29 is 19.5 Å². The van der Waals surface area contributed by atoms with E-state index in [0.717, 1.165) is 18.2 Å². The highest BCUT2D eigenvalue weighted by Crippen LogP contribution is 2.19. The van der Waals surface area contributed by atoms with Crippen molar-refractivity contribution in [1.29, 1.82) is 0 Å². The Morgan fingerprint density at radius 2 is 1.90 bits per heavy atom. The van der Waals surface area contributed by atoms with Crippen LogP contribution in [0.2, 0.25) is 0 Å². The van der Waals surface area contributed by atoms with Gasteiger partial charge in [-0.2, -0.15) is 0 Å². The van der Waals surface area contributed by atoms with Crippen LogP contribution in [-0.2, 0) is 14.4 Å². The summed E-state index contributed by atoms with van der Waals surface area (Å²) in [5.41, 5.74) is 0. The van der Waals surface area contributed by atoms with Gasteiger partial charge in [-0.3, -0.25) is 14.4 Å². The topological polar surface area (TPSA) is 86.7 Å². The molecule has 0 aromatic rings. The number of nitrogens with zero attached hydrogens (tertiary/aromatic N) is 1. The third-order valence-electron chi connectivity index (χ3n) is 2.61. The van der Waals surface area contributed by atoms with Crippen LogP contribution in [0.3, 0.4) is 0 Å². The lowest BCUT2D eigenvalue weighted by atomic mass is 10.1. The van der Waals surface area contributed by atoms with Gasteiger partial charge in [0.05, 0.1) is 12.3 Å². The molecular formula is C13H24N2O4S. The third kappa shape index (κ3) is 7.37. The summed E-state index contributed by atoms with van der Waals surface area (Å²) < 4.78 is 0. The lowest BCUT2D eigenvalue weighted by Crippen LogP contribution is -2.39. The van der Waals surface area contributed by atoms with Gasteiger partial charge in [0.1, 0.15) is 5.25 Å². The summed E-state index contributed by atoms with van der Waals surface area (Å²) in [6.45, 7) is 6.14. The van der Waals surface area contributed by atoms with Gasteiger partial charge in [0.25, 0.3) is 0 Å². The van der Waals surface area contributed by atoms with Crippen LogP contribution in [0.4, 0.5) is 0 Å². The number of nitrogens with one attached hydrogen (secondary N) is 1. The summed E-state index contributed by atoms with van der Waals surface area (Å²) >= 11 is 1.10. The van der Waals surface area contributed by atoms with E-state index < -0.39 is 11.2 Å². The molecule has 0 bridgehead atoms. The lowest BCUT2D eigenvalue weighted by Gasteiger charge is -2.19. The SMILES string of the molecule is CCCNC(=O)CN(C)C(=O)CSC(C(=O)O)C(C)C. The molecule has 116 valence electrons. The Labute approximate surface area is 124 Å². The summed E-state index contributed by atoms with van der Waals surface area (Å²) in [4.78, 5) is 35.6. The first-order valence-electron chi connectivity index (χ1n) is 6.64. The number of hydrogen-bond acceptors (Lipinski definition) is 4. The maximum atomic E-state index is 11.8. The third-order valence-corrected chi connectivity index (χ3v) is 4.13. The van der Waals surface area contributed by atoms with E-state index in [1.165, 1.54) is 4.90 Å². The van der Waals surface area contributed by atoms with Crippen LogP contribution in [0.5, 0.6) is 0 Å². The van der Waals surface area contributed by atoms with Crippen molar-refractivity contribution in [1.82, 2.24) is 10.2 Å². The number of amides is 2. The number of carbonyl (C=O) groups excluding carboxylic acids is 2. The quantitative estimate of drug-likeness (QED) is 0.658. The monoisotopic (exact) mass is 304 g/mol. The maximum Gasteiger partial charge on any atom is 0.316 e. The molecule has 0 aliphatic rings. The summed E-state index contributed by atoms with van der Waals surface area (Å²) in [5, 5.41) is 11.1. The molecule has 2 amide bonds. The molecule has 7 heteroatoms. The highest BCUT2D eigenvalue weighted by atomic mass is 32.2. The zero-order valence-corrected chi connectivity index (χ0v) is 13.3. The molecule has 0 fully saturated rings. The Kier molecular flexibility index (Phi) is 9.03. The second-order valence-corrected chi connectivity index (χ2v) is 6.04. The predicted octanol–water partition coefficient (Wildman–Crippen LogP) is 0.813. The molecule has 0 saturated carbocycles. The molecule has 0 rings (SSSR count). The Morgan fingerprint density at radius 3 is 2.35 bits per heavy atom. The second kappa shape index (κ2) is 9.63. The fourth-order valence-corrected chi connectivity index (χ4v) is 2.51. The minimum atomic E-state index is -0.916. The van der Waals surface area contributed by atoms with Crippen LogP contribution >= 0.6 is 11.8 Å². The minimum Gasteiger partial charge on any atom is -0.480 e. The maximum absolute atomic E-state index is 11.8. The number of likely N-dealkylation sites (N-methyl/N-ethyl adjacent to an activating group) is 1. The zero-order valence-electron chi connectivity index (χ0n) is 12.5. The van der Waals surface area contributed by atoms with E-state index in [0.29, 0.717) is 6.54 Å². The molecule has 2 N–H and O–H groups in total. The lowest BCUT2D eigenvalue weighted by molar-refractivity contribution is -0.137. The van der Waals surface area contributed by atoms with Crippen molar-refractivity contribution in [3.63, 3.8) is 0 Å². The first-order chi connectivity index (χ1) is 9.29. The van der Waals surface area contributed by atoms with Crippen LogP contribution in [0.15, 0.2) is 0 Å². The van der Waals surface area contributed by atoms with E-state index in [9.17, 15) is 14.4 Å². The highest BCUT2D eigenvalue weighted by Gasteiger charge is 2.24. The van der Waals surface area contributed by atoms with Gasteiger partial charge in [-0.15, -0.1) is 11.8 Å². The Balaban J connectivity index is 4.19. The van der Waals surface area contributed by atoms with Crippen molar-refractivity contribution in [2.75, 3.05) is 25.9 Å². The van der Waals surface area contributed by atoms with E-state index in [4.69, 9.17) is 5.11 Å². The molecule has 0 radical (unpaired) electrons. The van der Waals surface area contributed by atoms with Crippen LogP contribution in [-0.4, -0.2) is 58.9 Å². The van der Waals surface area contributed by atoms with Crippen LogP contribution in [0.25, 0.3) is 0 Å². The molecule has 0 aromatic heterocycles. The number of aliphatic carboxylic acids is 1. The normalized spacial score (nSPS) is 12.1. The molecule has 0 saturated heterocycles. The fourth-order valence-electron chi connectivity index (χ4n) is 1.44. The number of carboxylic acid groups (broad SMARTS) is 1. The van der Waals surface area contributed by atoms with Crippen LogP contribution in [0.1, 0.15) is 27.2 Å². The molecule has 20 heavy (non-hydrogen) atoms. The van der Waals surface area contributed by atoms with Gasteiger partial charge < -0.3 is 15.3 Å². The van der Waals surface area contributed by atoms with E-state index in [2.05, 4.69) is 5.32 Å². The van der Waals surface area contributed by atoms with Crippen molar-refractivity contribution in [3.8, 4) is 0 Å². The molecule has 6 nitrogen and oxygen atoms in total. The average molecular weight is 304 g/mol. The minimum absolute atomic E-state index is 0.00118. The van der Waals surface area contributed by atoms with Crippen molar-refractivity contribution in [3.05, 3.63) is 0 Å². The molecule has 1 unspecified atom stereocenters. The Bertz CT molecular complexity index is 347. The molecule has 1 atom stereocenters. The second-order valence-electron chi connectivity index (χ2n) is 4.91. The number of hydrogen-bond donors (Lipinski definition) is 2. The van der Waals surface area contributed by atoms with Crippen LogP contribution < -0.4 is 5.32 Å². The van der Waals surface area contributed by atoms with Crippen molar-refractivity contribution >= 4 is 29.5 Å². The van der Waals surface area contributed by atoms with Gasteiger partial charge in [0.15, 0.2) is 0 Å². The Hall–Kier alpha value is -1.24. The van der Waals surface area contributed by atoms with Gasteiger partial charge in [0.2, 0.25) is 11.8 Å². The molecule has 0 aromatic carbocycles. The number of rotatable bonds is 9. The van der Waals surface area contributed by atoms with E-state index in [1.54, 1.807) is 20.9 Å². The first-order valence-corrected chi connectivity index (χ1v) is 7.69. The molecule has 0 spiro atoms. The first kappa shape index (κ1) is 18.8. The standard InChI is InChI=1S/C13H24N2O4S/c1-5-6-14-10(16)7-15(4)11(17)8-20-12(9(2)3)13(18)19/h9,12H,5-8H2,1-4H3,(H,14,16)(H,18,19). The Morgan fingerprint density at radius 1 is 1.30 bits per heavy atom. The van der Waals surface area contributed by atoms with Gasteiger partial charge in [0, 0.05) is 13.6 Å². The summed E-state index contributed by atoms with van der Waals surface area (Å²) in [6.07, 6.45) is 0.841. The largest absolute Gasteiger partial charge is 0.480 e. The molecule has 0 aliphatic heterocycles. The summed E-state index contributed by atoms with van der Waals surface area (Å²) in [7, 11) is 1.54. The van der Waals surface area contributed by atoms with Gasteiger partial charge >= 0.3 is 5.97 Å². The van der Waals surface area contributed by atoms with E-state index in [1.807, 2.05) is 6.92 Å². The predicted molar refractivity (Wildman–Crippen MR) is 79.7 cm³/mol. The van der Waals surface area contributed by atoms with Gasteiger partial charge in [-0.25, -0.2) is 0 Å². The molecule has 0 heterocycles. The number of carboxylic acids is 1. The van der Waals surface area contributed by atoms with Crippen molar-refractivity contribution in [2.45, 2.75) is 32.4 Å². The smallest absolute Gasteiger partial charge is 0.316 e. The van der Waals surface area contributed by atoms with Gasteiger partial charge in [-0.05, 0) is 12.3 Å². The van der Waals surface area contributed by atoms with Crippen molar-refractivity contribution in [2.24, 2.45) is 5.92 Å². The molecule has 0 aliphatic carbocycles. The highest BCUT2D eigenvalue weighted by molar-refractivity contribution is 8.01. The average Bonchev–Trinajstić information content (AvgIpc) is 2.35. The number of carbonyl (C=O) groups is 3. The van der Waals surface area contributed by atoms with Crippen LogP contribution in [0, 0.1) is 5.92 Å². The molecular weight excluding hydrogens is 280 g/mol. The van der Waals surface area contributed by atoms with E-state index >= 15 is 0 Å². The summed E-state index contributed by atoms with van der Waals surface area (Å²) in [5.74, 6) is -1.35. The fraction of sp³-hybridized carbons (Fsp3) is 0.769. The summed E-state index contributed by atoms with van der Waals surface area (Å²) in [6, 6.07) is 0. The van der Waals surface area contributed by atoms with E-state index in [-0.39, 0.29) is 30.0 Å².